The van der Waals surface area contributed by atoms with Crippen LogP contribution >= 0.6 is 0 Å². The van der Waals surface area contributed by atoms with E-state index in [-0.39, 0.29) is 16.8 Å². The van der Waals surface area contributed by atoms with Crippen LogP contribution in [0.1, 0.15) is 17.8 Å². The lowest BCUT2D eigenvalue weighted by Crippen LogP contribution is -2.11. The van der Waals surface area contributed by atoms with Crippen LogP contribution in [-0.4, -0.2) is 33.2 Å². The second-order valence-electron chi connectivity index (χ2n) is 7.49. The first kappa shape index (κ1) is 19.4. The molecule has 8 nitrogen and oxygen atoms in total. The van der Waals surface area contributed by atoms with Gasteiger partial charge in [-0.05, 0) is 32.0 Å². The summed E-state index contributed by atoms with van der Waals surface area (Å²) in [4.78, 5) is 11.6. The zero-order valence-corrected chi connectivity index (χ0v) is 17.9. The van der Waals surface area contributed by atoms with Crippen LogP contribution in [0, 0.1) is 19.7 Å². The van der Waals surface area contributed by atoms with Crippen LogP contribution in [0.25, 0.3) is 33.4 Å². The van der Waals surface area contributed by atoms with Gasteiger partial charge in [-0.2, -0.15) is 5.10 Å². The smallest absolute Gasteiger partial charge is 0.258 e. The molecule has 4 aromatic rings. The van der Waals surface area contributed by atoms with Gasteiger partial charge in [0.2, 0.25) is 0 Å². The predicted molar refractivity (Wildman–Crippen MR) is 116 cm³/mol. The van der Waals surface area contributed by atoms with Gasteiger partial charge in [0.05, 0.1) is 28.1 Å². The van der Waals surface area contributed by atoms with E-state index in [1.807, 2.05) is 6.92 Å². The number of hydrogen-bond donors (Lipinski definition) is 2. The van der Waals surface area contributed by atoms with Crippen molar-refractivity contribution < 1.29 is 12.8 Å². The molecule has 5 rings (SSSR count). The Bertz CT molecular complexity index is 1500. The number of sulfonamides is 1. The summed E-state index contributed by atoms with van der Waals surface area (Å²) in [6.07, 6.45) is 5.09. The van der Waals surface area contributed by atoms with Gasteiger partial charge in [0.25, 0.3) is 10.0 Å². The van der Waals surface area contributed by atoms with E-state index in [1.54, 1.807) is 37.0 Å². The molecule has 0 atom stereocenters. The van der Waals surface area contributed by atoms with Gasteiger partial charge >= 0.3 is 0 Å². The van der Waals surface area contributed by atoms with Crippen molar-refractivity contribution in [3.05, 3.63) is 58.9 Å². The Balaban J connectivity index is 1.78. The highest BCUT2D eigenvalue weighted by molar-refractivity contribution is 7.96. The van der Waals surface area contributed by atoms with Gasteiger partial charge in [-0.1, -0.05) is 6.08 Å². The molecule has 1 aromatic carbocycles. The van der Waals surface area contributed by atoms with E-state index >= 15 is 4.39 Å². The van der Waals surface area contributed by atoms with Crippen LogP contribution in [0.3, 0.4) is 0 Å². The molecule has 0 saturated heterocycles. The van der Waals surface area contributed by atoms with Gasteiger partial charge < -0.3 is 4.98 Å². The first-order chi connectivity index (χ1) is 14.8. The van der Waals surface area contributed by atoms with Gasteiger partial charge in [0.1, 0.15) is 5.82 Å². The number of fused-ring (bicyclic) bond motifs is 1. The van der Waals surface area contributed by atoms with Gasteiger partial charge in [0.15, 0.2) is 5.65 Å². The minimum atomic E-state index is -3.66. The number of aryl methyl sites for hydroxylation is 2. The van der Waals surface area contributed by atoms with Gasteiger partial charge in [0, 0.05) is 47.6 Å². The maximum Gasteiger partial charge on any atom is 0.258 e. The summed E-state index contributed by atoms with van der Waals surface area (Å²) in [6, 6.07) is 4.69. The Morgan fingerprint density at radius 1 is 1.16 bits per heavy atom. The summed E-state index contributed by atoms with van der Waals surface area (Å²) >= 11 is 0. The molecule has 0 fully saturated rings. The number of H-pyrrole nitrogens is 1. The highest BCUT2D eigenvalue weighted by Crippen LogP contribution is 2.39. The Hall–Kier alpha value is -3.53. The number of nitrogens with zero attached hydrogens (tertiary/aromatic N) is 4. The fourth-order valence-electron chi connectivity index (χ4n) is 3.78. The first-order valence-electron chi connectivity index (χ1n) is 9.60. The molecule has 0 saturated carbocycles. The minimum absolute atomic E-state index is 0.235. The normalized spacial score (nSPS) is 13.5. The Labute approximate surface area is 177 Å². The van der Waals surface area contributed by atoms with Crippen LogP contribution in [0.15, 0.2) is 41.7 Å². The third-order valence-corrected chi connectivity index (χ3v) is 6.96. The second kappa shape index (κ2) is 6.74. The highest BCUT2D eigenvalue weighted by atomic mass is 32.2. The third-order valence-electron chi connectivity index (χ3n) is 5.44. The molecule has 3 heterocycles. The summed E-state index contributed by atoms with van der Waals surface area (Å²) in [7, 11) is -1.88. The Morgan fingerprint density at radius 3 is 2.58 bits per heavy atom. The van der Waals surface area contributed by atoms with Crippen LogP contribution in [-0.2, 0) is 17.1 Å². The molecule has 0 bridgehead atoms. The molecule has 3 aromatic heterocycles. The van der Waals surface area contributed by atoms with E-state index in [1.165, 1.54) is 18.5 Å². The molecule has 1 aliphatic carbocycles. The molecule has 2 N–H and O–H groups in total. The average molecular weight is 438 g/mol. The summed E-state index contributed by atoms with van der Waals surface area (Å²) in [5, 5.41) is 4.39. The highest BCUT2D eigenvalue weighted by Gasteiger charge is 2.27. The maximum atomic E-state index is 16.0. The van der Waals surface area contributed by atoms with E-state index in [0.29, 0.717) is 39.3 Å². The van der Waals surface area contributed by atoms with Crippen LogP contribution < -0.4 is 4.72 Å². The van der Waals surface area contributed by atoms with Crippen molar-refractivity contribution in [1.82, 2.24) is 24.7 Å². The van der Waals surface area contributed by atoms with Crippen molar-refractivity contribution >= 4 is 26.9 Å². The molecule has 10 heteroatoms. The van der Waals surface area contributed by atoms with Crippen molar-refractivity contribution in [3.8, 4) is 22.3 Å². The van der Waals surface area contributed by atoms with Crippen LogP contribution in [0.5, 0.6) is 0 Å². The molecule has 0 amide bonds. The summed E-state index contributed by atoms with van der Waals surface area (Å²) in [5.74, 6) is -0.477. The molecular formula is C21H19FN6O2S. The number of imidazole rings is 1. The van der Waals surface area contributed by atoms with Crippen molar-refractivity contribution in [3.63, 3.8) is 0 Å². The largest absolute Gasteiger partial charge is 0.343 e. The molecule has 0 unspecified atom stereocenters. The fourth-order valence-corrected chi connectivity index (χ4v) is 4.86. The number of rotatable bonds is 5. The van der Waals surface area contributed by atoms with Crippen molar-refractivity contribution in [2.75, 3.05) is 4.72 Å². The molecular weight excluding hydrogens is 419 g/mol. The van der Waals surface area contributed by atoms with Crippen LogP contribution in [0.2, 0.25) is 0 Å². The minimum Gasteiger partial charge on any atom is -0.343 e. The number of aromatic amines is 1. The zero-order chi connectivity index (χ0) is 21.9. The lowest BCUT2D eigenvalue weighted by atomic mass is 9.96. The number of allylic oxidation sites excluding steroid dienone is 2. The summed E-state index contributed by atoms with van der Waals surface area (Å²) < 4.78 is 45.3. The van der Waals surface area contributed by atoms with E-state index < -0.39 is 15.8 Å². The summed E-state index contributed by atoms with van der Waals surface area (Å²) in [5.41, 5.74) is 4.37. The summed E-state index contributed by atoms with van der Waals surface area (Å²) in [6.45, 7) is 3.65. The monoisotopic (exact) mass is 438 g/mol. The van der Waals surface area contributed by atoms with E-state index in [9.17, 15) is 8.42 Å². The number of benzene rings is 1. The number of nitrogens with one attached hydrogen (secondary N) is 2. The van der Waals surface area contributed by atoms with Crippen molar-refractivity contribution in [1.29, 1.82) is 0 Å². The Kier molecular flexibility index (Phi) is 4.23. The molecule has 31 heavy (non-hydrogen) atoms. The van der Waals surface area contributed by atoms with Gasteiger partial charge in [-0.25, -0.2) is 22.8 Å². The number of halogens is 1. The lowest BCUT2D eigenvalue weighted by molar-refractivity contribution is 0.607. The zero-order valence-electron chi connectivity index (χ0n) is 17.1. The number of anilines is 1. The standard InChI is InChI=1S/C21H19FN6O2S/c1-11-18(12(2)28(3)26-11)17-9-13(27-31(29,30)14-4-5-14)8-16(19(17)22)15-6-7-23-21-20(15)24-10-25-21/h4,6-10,27H,5H2,1-3H3,(H,23,24,25). The van der Waals surface area contributed by atoms with E-state index in [2.05, 4.69) is 24.8 Å². The van der Waals surface area contributed by atoms with Crippen molar-refractivity contribution in [2.45, 2.75) is 20.3 Å². The number of pyridine rings is 1. The average Bonchev–Trinajstić information content (AvgIpc) is 3.42. The van der Waals surface area contributed by atoms with Gasteiger partial charge in [-0.3, -0.25) is 9.40 Å². The number of hydrogen-bond acceptors (Lipinski definition) is 5. The number of aromatic nitrogens is 5. The maximum absolute atomic E-state index is 16.0. The predicted octanol–water partition coefficient (Wildman–Crippen LogP) is 3.81. The van der Waals surface area contributed by atoms with E-state index in [0.717, 1.165) is 5.69 Å². The fraction of sp³-hybridized carbons (Fsp3) is 0.190. The third kappa shape index (κ3) is 3.19. The topological polar surface area (TPSA) is 106 Å². The lowest BCUT2D eigenvalue weighted by Gasteiger charge is -2.14. The molecule has 1 aliphatic rings. The molecule has 0 radical (unpaired) electrons. The van der Waals surface area contributed by atoms with Gasteiger partial charge in [-0.15, -0.1) is 0 Å². The molecule has 158 valence electrons. The van der Waals surface area contributed by atoms with E-state index in [4.69, 9.17) is 0 Å². The quantitative estimate of drug-likeness (QED) is 0.493. The van der Waals surface area contributed by atoms with Crippen LogP contribution in [0.4, 0.5) is 10.1 Å². The SMILES string of the molecule is Cc1nn(C)c(C)c1-c1cc(NS(=O)(=O)C2=CC2)cc(-c2ccnc3nc[nH]c23)c1F. The first-order valence-corrected chi connectivity index (χ1v) is 11.1. The second-order valence-corrected chi connectivity index (χ2v) is 9.23. The Morgan fingerprint density at radius 2 is 1.90 bits per heavy atom. The van der Waals surface area contributed by atoms with Crippen molar-refractivity contribution in [2.24, 2.45) is 7.05 Å². The molecule has 0 spiro atoms. The molecule has 0 aliphatic heterocycles.